The molecule has 2 aliphatic rings. The van der Waals surface area contributed by atoms with E-state index in [1.54, 1.807) is 85.7 Å². The number of fused-ring (bicyclic) bond motifs is 2. The van der Waals surface area contributed by atoms with Crippen molar-refractivity contribution in [3.8, 4) is 5.75 Å². The van der Waals surface area contributed by atoms with E-state index in [0.29, 0.717) is 46.2 Å². The number of ether oxygens (including phenoxy) is 1. The number of hydrogen-bond acceptors (Lipinski definition) is 6. The van der Waals surface area contributed by atoms with E-state index in [-0.39, 0.29) is 37.4 Å². The molecule has 0 saturated carbocycles. The molecule has 3 N–H and O–H groups in total. The molecule has 3 amide bonds. The lowest BCUT2D eigenvalue weighted by molar-refractivity contribution is -0.139. The molecule has 9 nitrogen and oxygen atoms in total. The van der Waals surface area contributed by atoms with Crippen LogP contribution < -0.4 is 15.0 Å². The second-order valence-electron chi connectivity index (χ2n) is 12.5. The predicted molar refractivity (Wildman–Crippen MR) is 188 cm³/mol. The molecule has 6 rings (SSSR count). The molecule has 252 valence electrons. The number of amides is 3. The van der Waals surface area contributed by atoms with Crippen LogP contribution in [-0.2, 0) is 34.7 Å². The van der Waals surface area contributed by atoms with Crippen molar-refractivity contribution in [2.75, 3.05) is 23.9 Å². The molecule has 0 unspecified atom stereocenters. The Morgan fingerprint density at radius 1 is 1.04 bits per heavy atom. The lowest BCUT2D eigenvalue weighted by Gasteiger charge is -2.36. The van der Waals surface area contributed by atoms with E-state index < -0.39 is 17.4 Å². The van der Waals surface area contributed by atoms with Gasteiger partial charge in [0.15, 0.2) is 5.60 Å². The van der Waals surface area contributed by atoms with E-state index in [4.69, 9.17) is 16.3 Å². The fraction of sp³-hybridized carbons (Fsp3) is 0.256. The van der Waals surface area contributed by atoms with Gasteiger partial charge in [0, 0.05) is 40.7 Å². The summed E-state index contributed by atoms with van der Waals surface area (Å²) >= 11 is 6.35. The third-order valence-electron chi connectivity index (χ3n) is 9.40. The molecule has 0 fully saturated rings. The summed E-state index contributed by atoms with van der Waals surface area (Å²) in [5.74, 6) is -0.945. The minimum Gasteiger partial charge on any atom is -0.497 e. The molecule has 0 aromatic heterocycles. The Bertz CT molecular complexity index is 1890. The van der Waals surface area contributed by atoms with Gasteiger partial charge in [-0.2, -0.15) is 0 Å². The smallest absolute Gasteiger partial charge is 0.264 e. The first-order valence-corrected chi connectivity index (χ1v) is 16.5. The molecule has 0 saturated heterocycles. The Kier molecular flexibility index (Phi) is 9.87. The molecule has 0 radical (unpaired) electrons. The van der Waals surface area contributed by atoms with Gasteiger partial charge in [-0.15, -0.1) is 0 Å². The third kappa shape index (κ3) is 6.83. The standard InChI is InChI=1S/C39H38ClN3O6/c1-25(6-5-9-36(45)42-23-29-8-4-3-7-28(29)20-32(42)24-44)39(48)34-21-30(40)14-19-35(34)43(38(39)47)22-26-10-15-31(16-11-26)41-37(46)27-12-17-33(49-2)18-13-27/h3-8,10-19,21,25,32,44,48H,9,20,22-24H2,1-2H3,(H,41,46)/b6-5+/t25-,32-,39+/m0/s1. The van der Waals surface area contributed by atoms with Crippen LogP contribution in [0.4, 0.5) is 11.4 Å². The minimum absolute atomic E-state index is 0.0563. The quantitative estimate of drug-likeness (QED) is 0.181. The van der Waals surface area contributed by atoms with Crippen molar-refractivity contribution in [2.45, 2.75) is 44.5 Å². The molecule has 10 heteroatoms. The van der Waals surface area contributed by atoms with Crippen LogP contribution in [0.5, 0.6) is 5.75 Å². The summed E-state index contributed by atoms with van der Waals surface area (Å²) < 4.78 is 5.15. The molecule has 0 bridgehead atoms. The number of methoxy groups -OCH3 is 1. The third-order valence-corrected chi connectivity index (χ3v) is 9.63. The molecule has 49 heavy (non-hydrogen) atoms. The van der Waals surface area contributed by atoms with Crippen molar-refractivity contribution in [3.05, 3.63) is 136 Å². The van der Waals surface area contributed by atoms with Gasteiger partial charge in [0.2, 0.25) is 5.91 Å². The number of benzene rings is 4. The summed E-state index contributed by atoms with van der Waals surface area (Å²) in [5, 5.41) is 25.3. The van der Waals surface area contributed by atoms with E-state index in [1.165, 1.54) is 4.90 Å². The van der Waals surface area contributed by atoms with Crippen molar-refractivity contribution < 1.29 is 29.3 Å². The summed E-state index contributed by atoms with van der Waals surface area (Å²) in [6.45, 7) is 2.20. The van der Waals surface area contributed by atoms with E-state index in [2.05, 4.69) is 5.32 Å². The fourth-order valence-corrected chi connectivity index (χ4v) is 6.74. The number of halogens is 1. The van der Waals surface area contributed by atoms with Crippen LogP contribution >= 0.6 is 11.6 Å². The lowest BCUT2D eigenvalue weighted by Crippen LogP contribution is -2.46. The number of rotatable bonds is 10. The Morgan fingerprint density at radius 3 is 2.45 bits per heavy atom. The zero-order valence-electron chi connectivity index (χ0n) is 27.3. The highest BCUT2D eigenvalue weighted by molar-refractivity contribution is 6.31. The summed E-state index contributed by atoms with van der Waals surface area (Å²) in [6.07, 6.45) is 4.01. The van der Waals surface area contributed by atoms with Gasteiger partial charge in [-0.1, -0.05) is 67.1 Å². The molecule has 4 aromatic rings. The van der Waals surface area contributed by atoms with E-state index in [9.17, 15) is 24.6 Å². The Labute approximate surface area is 290 Å². The second kappa shape index (κ2) is 14.3. The number of anilines is 2. The van der Waals surface area contributed by atoms with Crippen molar-refractivity contribution in [1.29, 1.82) is 0 Å². The number of nitrogens with zero attached hydrogens (tertiary/aromatic N) is 2. The van der Waals surface area contributed by atoms with Crippen LogP contribution in [0.15, 0.2) is 103 Å². The zero-order valence-corrected chi connectivity index (χ0v) is 28.1. The number of hydrogen-bond donors (Lipinski definition) is 3. The second-order valence-corrected chi connectivity index (χ2v) is 12.9. The number of carbonyl (C=O) groups excluding carboxylic acids is 3. The highest BCUT2D eigenvalue weighted by atomic mass is 35.5. The van der Waals surface area contributed by atoms with Crippen LogP contribution in [0.3, 0.4) is 0 Å². The average Bonchev–Trinajstić information content (AvgIpc) is 3.33. The summed E-state index contributed by atoms with van der Waals surface area (Å²) in [4.78, 5) is 43.2. The lowest BCUT2D eigenvalue weighted by atomic mass is 9.83. The molecule has 0 aliphatic carbocycles. The molecule has 2 aliphatic heterocycles. The van der Waals surface area contributed by atoms with Crippen molar-refractivity contribution in [3.63, 3.8) is 0 Å². The van der Waals surface area contributed by atoms with Gasteiger partial charge >= 0.3 is 0 Å². The highest BCUT2D eigenvalue weighted by Gasteiger charge is 2.52. The number of aliphatic hydroxyl groups is 2. The molecule has 2 heterocycles. The number of aliphatic hydroxyl groups excluding tert-OH is 1. The van der Waals surface area contributed by atoms with E-state index in [0.717, 1.165) is 16.7 Å². The average molecular weight is 680 g/mol. The van der Waals surface area contributed by atoms with E-state index >= 15 is 0 Å². The van der Waals surface area contributed by atoms with Crippen molar-refractivity contribution in [2.24, 2.45) is 5.92 Å². The first-order valence-electron chi connectivity index (χ1n) is 16.1. The van der Waals surface area contributed by atoms with Gasteiger partial charge in [-0.05, 0) is 77.7 Å². The van der Waals surface area contributed by atoms with Crippen LogP contribution in [-0.4, -0.2) is 52.6 Å². The van der Waals surface area contributed by atoms with Crippen LogP contribution in [0, 0.1) is 5.92 Å². The predicted octanol–water partition coefficient (Wildman–Crippen LogP) is 5.86. The highest BCUT2D eigenvalue weighted by Crippen LogP contribution is 2.46. The monoisotopic (exact) mass is 679 g/mol. The van der Waals surface area contributed by atoms with E-state index in [1.807, 2.05) is 36.4 Å². The first-order chi connectivity index (χ1) is 23.6. The summed E-state index contributed by atoms with van der Waals surface area (Å²) in [5.41, 5.74) is 3.08. The van der Waals surface area contributed by atoms with Crippen LogP contribution in [0.25, 0.3) is 0 Å². The Morgan fingerprint density at radius 2 is 1.76 bits per heavy atom. The number of nitrogens with one attached hydrogen (secondary N) is 1. The van der Waals surface area contributed by atoms with Gasteiger partial charge in [-0.3, -0.25) is 14.4 Å². The Balaban J connectivity index is 1.14. The molecule has 3 atom stereocenters. The maximum absolute atomic E-state index is 14.0. The largest absolute Gasteiger partial charge is 0.497 e. The van der Waals surface area contributed by atoms with Crippen molar-refractivity contribution in [1.82, 2.24) is 4.90 Å². The topological polar surface area (TPSA) is 119 Å². The van der Waals surface area contributed by atoms with Crippen LogP contribution in [0.1, 0.15) is 46.0 Å². The minimum atomic E-state index is -1.91. The van der Waals surface area contributed by atoms with Gasteiger partial charge in [0.25, 0.3) is 11.8 Å². The maximum atomic E-state index is 14.0. The normalized spacial score (nSPS) is 19.0. The number of carbonyl (C=O) groups is 3. The van der Waals surface area contributed by atoms with Gasteiger partial charge < -0.3 is 30.1 Å². The first kappa shape index (κ1) is 33.9. The summed E-state index contributed by atoms with van der Waals surface area (Å²) in [6, 6.07) is 26.6. The molecule has 4 aromatic carbocycles. The zero-order chi connectivity index (χ0) is 34.7. The van der Waals surface area contributed by atoms with Crippen LogP contribution in [0.2, 0.25) is 5.02 Å². The molecular weight excluding hydrogens is 642 g/mol. The van der Waals surface area contributed by atoms with Gasteiger partial charge in [-0.25, -0.2) is 0 Å². The maximum Gasteiger partial charge on any atom is 0.264 e. The Hall–Kier alpha value is -4.96. The fourth-order valence-electron chi connectivity index (χ4n) is 6.57. The summed E-state index contributed by atoms with van der Waals surface area (Å²) in [7, 11) is 1.56. The molecule has 0 spiro atoms. The van der Waals surface area contributed by atoms with Gasteiger partial charge in [0.05, 0.1) is 32.0 Å². The SMILES string of the molecule is COc1ccc(C(=O)Nc2ccc(CN3C(=O)[C@@](O)([C@@H](C)/C=C/CC(=O)N4Cc5ccccc5C[C@H]4CO)c4cc(Cl)ccc43)cc2)cc1. The molecular formula is C39H38ClN3O6. The van der Waals surface area contributed by atoms with Crippen molar-refractivity contribution >= 4 is 40.7 Å². The van der Waals surface area contributed by atoms with Gasteiger partial charge in [0.1, 0.15) is 5.75 Å².